The van der Waals surface area contributed by atoms with Crippen molar-refractivity contribution in [1.29, 1.82) is 5.26 Å². The largest absolute Gasteiger partial charge is 0.497 e. The van der Waals surface area contributed by atoms with Crippen LogP contribution in [0.4, 0.5) is 0 Å². The Bertz CT molecular complexity index is 785. The second kappa shape index (κ2) is 4.42. The smallest absolute Gasteiger partial charge is 0.185 e. The van der Waals surface area contributed by atoms with Crippen molar-refractivity contribution in [3.05, 3.63) is 48.5 Å². The second-order valence-electron chi connectivity index (χ2n) is 3.96. The summed E-state index contributed by atoms with van der Waals surface area (Å²) in [6.07, 6.45) is 3.28. The highest BCUT2D eigenvalue weighted by Crippen LogP contribution is 2.24. The highest BCUT2D eigenvalue weighted by molar-refractivity contribution is 5.66. The molecule has 0 amide bonds. The maximum atomic E-state index is 8.98. The molecule has 0 bridgehead atoms. The van der Waals surface area contributed by atoms with Gasteiger partial charge in [-0.1, -0.05) is 12.1 Å². The van der Waals surface area contributed by atoms with Gasteiger partial charge in [-0.05, 0) is 18.2 Å². The van der Waals surface area contributed by atoms with Gasteiger partial charge in [0.1, 0.15) is 18.1 Å². The second-order valence-corrected chi connectivity index (χ2v) is 3.96. The highest BCUT2D eigenvalue weighted by Gasteiger charge is 2.09. The lowest BCUT2D eigenvalue weighted by molar-refractivity contribution is 0.415. The summed E-state index contributed by atoms with van der Waals surface area (Å²) in [6.45, 7) is 0. The lowest BCUT2D eigenvalue weighted by Gasteiger charge is -2.06. The van der Waals surface area contributed by atoms with Gasteiger partial charge in [-0.2, -0.15) is 5.26 Å². The van der Waals surface area contributed by atoms with Crippen LogP contribution in [0.25, 0.3) is 16.9 Å². The molecule has 0 aliphatic heterocycles. The third-order valence-electron chi connectivity index (χ3n) is 2.90. The van der Waals surface area contributed by atoms with Crippen molar-refractivity contribution in [3.8, 4) is 23.1 Å². The van der Waals surface area contributed by atoms with Gasteiger partial charge in [-0.3, -0.25) is 4.40 Å². The number of aromatic nitrogens is 3. The average molecular weight is 250 g/mol. The SMILES string of the molecule is COc1cccc(-c2ccnc3c(C#N)ncn23)c1. The molecule has 19 heavy (non-hydrogen) atoms. The first-order valence-electron chi connectivity index (χ1n) is 5.70. The molecule has 92 valence electrons. The lowest BCUT2D eigenvalue weighted by Crippen LogP contribution is -1.93. The van der Waals surface area contributed by atoms with Crippen LogP contribution in [0.1, 0.15) is 5.69 Å². The van der Waals surface area contributed by atoms with Crippen LogP contribution in [0.3, 0.4) is 0 Å². The van der Waals surface area contributed by atoms with Gasteiger partial charge in [0.15, 0.2) is 11.3 Å². The molecule has 0 fully saturated rings. The zero-order chi connectivity index (χ0) is 13.2. The fourth-order valence-electron chi connectivity index (χ4n) is 2.00. The molecule has 5 nitrogen and oxygen atoms in total. The molecule has 0 aliphatic rings. The van der Waals surface area contributed by atoms with Gasteiger partial charge < -0.3 is 4.74 Å². The molecule has 5 heteroatoms. The summed E-state index contributed by atoms with van der Waals surface area (Å²) in [6, 6.07) is 11.6. The zero-order valence-electron chi connectivity index (χ0n) is 10.2. The first-order valence-corrected chi connectivity index (χ1v) is 5.70. The molecule has 2 aromatic heterocycles. The van der Waals surface area contributed by atoms with Crippen LogP contribution < -0.4 is 4.74 Å². The van der Waals surface area contributed by atoms with E-state index < -0.39 is 0 Å². The Morgan fingerprint density at radius 2 is 2.16 bits per heavy atom. The molecule has 0 N–H and O–H groups in total. The van der Waals surface area contributed by atoms with Gasteiger partial charge in [-0.15, -0.1) is 0 Å². The molecule has 0 spiro atoms. The molecule has 1 aromatic carbocycles. The van der Waals surface area contributed by atoms with Gasteiger partial charge in [0.25, 0.3) is 0 Å². The van der Waals surface area contributed by atoms with Crippen LogP contribution >= 0.6 is 0 Å². The van der Waals surface area contributed by atoms with E-state index in [1.54, 1.807) is 24.0 Å². The predicted octanol–water partition coefficient (Wildman–Crippen LogP) is 2.28. The van der Waals surface area contributed by atoms with Crippen molar-refractivity contribution in [2.45, 2.75) is 0 Å². The summed E-state index contributed by atoms with van der Waals surface area (Å²) in [5, 5.41) is 8.98. The number of rotatable bonds is 2. The van der Waals surface area contributed by atoms with Gasteiger partial charge in [0.05, 0.1) is 12.8 Å². The van der Waals surface area contributed by atoms with Crippen LogP contribution in [0.5, 0.6) is 5.75 Å². The summed E-state index contributed by atoms with van der Waals surface area (Å²) in [5.74, 6) is 0.781. The molecule has 0 saturated carbocycles. The van der Waals surface area contributed by atoms with E-state index >= 15 is 0 Å². The minimum absolute atomic E-state index is 0.324. The van der Waals surface area contributed by atoms with Crippen LogP contribution in [0.15, 0.2) is 42.9 Å². The number of imidazole rings is 1. The molecule has 0 unspecified atom stereocenters. The summed E-state index contributed by atoms with van der Waals surface area (Å²) in [5.41, 5.74) is 2.78. The Kier molecular flexibility index (Phi) is 2.62. The quantitative estimate of drug-likeness (QED) is 0.700. The van der Waals surface area contributed by atoms with E-state index in [0.29, 0.717) is 11.3 Å². The van der Waals surface area contributed by atoms with Crippen molar-refractivity contribution in [2.24, 2.45) is 0 Å². The average Bonchev–Trinajstić information content (AvgIpc) is 2.90. The zero-order valence-corrected chi connectivity index (χ0v) is 10.2. The van der Waals surface area contributed by atoms with Crippen molar-refractivity contribution in [3.63, 3.8) is 0 Å². The number of benzene rings is 1. The number of fused-ring (bicyclic) bond motifs is 1. The van der Waals surface area contributed by atoms with Gasteiger partial charge in [0.2, 0.25) is 0 Å². The van der Waals surface area contributed by atoms with Crippen LogP contribution in [0.2, 0.25) is 0 Å². The van der Waals surface area contributed by atoms with Crippen molar-refractivity contribution in [2.75, 3.05) is 7.11 Å². The van der Waals surface area contributed by atoms with E-state index in [0.717, 1.165) is 17.0 Å². The van der Waals surface area contributed by atoms with Crippen molar-refractivity contribution >= 4 is 5.65 Å². The topological polar surface area (TPSA) is 63.2 Å². The summed E-state index contributed by atoms with van der Waals surface area (Å²) in [4.78, 5) is 8.24. The van der Waals surface area contributed by atoms with Crippen LogP contribution in [-0.4, -0.2) is 21.5 Å². The Hall–Kier alpha value is -2.87. The van der Waals surface area contributed by atoms with E-state index in [-0.39, 0.29) is 0 Å². The third-order valence-corrected chi connectivity index (χ3v) is 2.90. The fraction of sp³-hybridized carbons (Fsp3) is 0.0714. The minimum atomic E-state index is 0.324. The molecular weight excluding hydrogens is 240 g/mol. The number of hydrogen-bond acceptors (Lipinski definition) is 4. The van der Waals surface area contributed by atoms with Gasteiger partial charge in [-0.25, -0.2) is 9.97 Å². The van der Waals surface area contributed by atoms with Gasteiger partial charge >= 0.3 is 0 Å². The van der Waals surface area contributed by atoms with Gasteiger partial charge in [0, 0.05) is 11.8 Å². The van der Waals surface area contributed by atoms with E-state index in [2.05, 4.69) is 9.97 Å². The fourth-order valence-corrected chi connectivity index (χ4v) is 2.00. The lowest BCUT2D eigenvalue weighted by atomic mass is 10.1. The normalized spacial score (nSPS) is 10.3. The number of ether oxygens (including phenoxy) is 1. The van der Waals surface area contributed by atoms with Crippen molar-refractivity contribution in [1.82, 2.24) is 14.4 Å². The summed E-state index contributed by atoms with van der Waals surface area (Å²) in [7, 11) is 1.63. The summed E-state index contributed by atoms with van der Waals surface area (Å²) >= 11 is 0. The summed E-state index contributed by atoms with van der Waals surface area (Å²) < 4.78 is 7.02. The molecule has 3 rings (SSSR count). The predicted molar refractivity (Wildman–Crippen MR) is 69.7 cm³/mol. The Balaban J connectivity index is 2.25. The molecule has 2 heterocycles. The van der Waals surface area contributed by atoms with E-state index in [1.807, 2.05) is 36.4 Å². The first-order chi connectivity index (χ1) is 9.33. The maximum Gasteiger partial charge on any atom is 0.185 e. The first kappa shape index (κ1) is 11.2. The number of methoxy groups -OCH3 is 1. The Morgan fingerprint density at radius 1 is 1.26 bits per heavy atom. The van der Waals surface area contributed by atoms with E-state index in [4.69, 9.17) is 10.00 Å². The third kappa shape index (κ3) is 1.79. The molecule has 0 aliphatic carbocycles. The van der Waals surface area contributed by atoms with E-state index in [1.165, 1.54) is 0 Å². The van der Waals surface area contributed by atoms with E-state index in [9.17, 15) is 0 Å². The number of nitrogens with zero attached hydrogens (tertiary/aromatic N) is 4. The highest BCUT2D eigenvalue weighted by atomic mass is 16.5. The molecule has 0 radical (unpaired) electrons. The standard InChI is InChI=1S/C14H10N4O/c1-19-11-4-2-3-10(7-11)13-5-6-16-14-12(8-15)17-9-18(13)14/h2-7,9H,1H3. The maximum absolute atomic E-state index is 8.98. The minimum Gasteiger partial charge on any atom is -0.497 e. The monoisotopic (exact) mass is 250 g/mol. The Labute approximate surface area is 109 Å². The molecule has 0 saturated heterocycles. The van der Waals surface area contributed by atoms with Crippen molar-refractivity contribution < 1.29 is 4.74 Å². The Morgan fingerprint density at radius 3 is 2.95 bits per heavy atom. The number of hydrogen-bond donors (Lipinski definition) is 0. The van der Waals surface area contributed by atoms with Crippen LogP contribution in [-0.2, 0) is 0 Å². The molecule has 3 aromatic rings. The number of nitriles is 1. The van der Waals surface area contributed by atoms with Crippen LogP contribution in [0, 0.1) is 11.3 Å². The molecular formula is C14H10N4O. The molecule has 0 atom stereocenters.